The summed E-state index contributed by atoms with van der Waals surface area (Å²) in [7, 11) is 0. The zero-order valence-corrected chi connectivity index (χ0v) is 14.7. The molecule has 1 aliphatic heterocycles. The highest BCUT2D eigenvalue weighted by Gasteiger charge is 2.25. The van der Waals surface area contributed by atoms with Gasteiger partial charge in [-0.05, 0) is 33.6 Å². The van der Waals surface area contributed by atoms with Crippen LogP contribution in [-0.2, 0) is 4.74 Å². The Morgan fingerprint density at radius 2 is 1.74 bits per heavy atom. The molecular weight excluding hydrogens is 316 g/mol. The molecule has 0 bridgehead atoms. The summed E-state index contributed by atoms with van der Waals surface area (Å²) in [5.41, 5.74) is -0.406. The Morgan fingerprint density at radius 3 is 2.35 bits per heavy atom. The molecule has 1 aromatic heterocycles. The van der Waals surface area contributed by atoms with E-state index in [2.05, 4.69) is 14.9 Å². The number of amides is 2. The average molecular weight is 340 g/mol. The monoisotopic (exact) mass is 340 g/mol. The van der Waals surface area contributed by atoms with Crippen LogP contribution in [0.1, 0.15) is 63.4 Å². The van der Waals surface area contributed by atoms with E-state index in [1.54, 1.807) is 25.7 Å². The van der Waals surface area contributed by atoms with Gasteiger partial charge in [0.1, 0.15) is 5.60 Å². The van der Waals surface area contributed by atoms with Gasteiger partial charge in [-0.3, -0.25) is 10.1 Å². The Labute approximate surface area is 140 Å². The van der Waals surface area contributed by atoms with E-state index >= 15 is 0 Å². The van der Waals surface area contributed by atoms with E-state index in [4.69, 9.17) is 4.74 Å². The van der Waals surface area contributed by atoms with Crippen molar-refractivity contribution in [3.8, 4) is 0 Å². The Bertz CT molecular complexity index is 545. The van der Waals surface area contributed by atoms with E-state index in [-0.39, 0.29) is 11.6 Å². The molecule has 128 valence electrons. The van der Waals surface area contributed by atoms with Crippen LogP contribution < -0.4 is 5.32 Å². The number of hydrogen-bond donors (Lipinski definition) is 1. The Kier molecular flexibility index (Phi) is 5.92. The van der Waals surface area contributed by atoms with Crippen molar-refractivity contribution in [2.75, 3.05) is 18.4 Å². The second-order valence-electron chi connectivity index (χ2n) is 6.64. The van der Waals surface area contributed by atoms with Crippen molar-refractivity contribution in [3.05, 3.63) is 5.69 Å². The van der Waals surface area contributed by atoms with Crippen molar-refractivity contribution in [2.24, 2.45) is 0 Å². The second kappa shape index (κ2) is 7.72. The van der Waals surface area contributed by atoms with Gasteiger partial charge >= 0.3 is 6.09 Å². The maximum Gasteiger partial charge on any atom is 0.412 e. The molecular formula is C15H24N4O3S. The van der Waals surface area contributed by atoms with Gasteiger partial charge in [-0.15, -0.1) is 5.10 Å². The number of hydrogen-bond acceptors (Lipinski definition) is 6. The van der Waals surface area contributed by atoms with Crippen LogP contribution in [0.2, 0.25) is 0 Å². The topological polar surface area (TPSA) is 84.4 Å². The van der Waals surface area contributed by atoms with Gasteiger partial charge < -0.3 is 9.64 Å². The summed E-state index contributed by atoms with van der Waals surface area (Å²) in [6.07, 6.45) is 4.90. The summed E-state index contributed by atoms with van der Waals surface area (Å²) in [5, 5.41) is 6.82. The summed E-state index contributed by atoms with van der Waals surface area (Å²) in [6.45, 7) is 6.79. The molecule has 0 saturated carbocycles. The molecule has 0 aliphatic carbocycles. The number of ether oxygens (including phenoxy) is 1. The minimum atomic E-state index is -0.606. The number of carbonyl (C=O) groups is 2. The minimum Gasteiger partial charge on any atom is -0.444 e. The first-order valence-electron chi connectivity index (χ1n) is 7.98. The third-order valence-corrected chi connectivity index (χ3v) is 4.09. The van der Waals surface area contributed by atoms with Crippen LogP contribution in [0.25, 0.3) is 0 Å². The quantitative estimate of drug-likeness (QED) is 0.893. The highest BCUT2D eigenvalue weighted by atomic mass is 32.1. The number of rotatable bonds is 2. The lowest BCUT2D eigenvalue weighted by Crippen LogP contribution is -2.35. The molecule has 0 spiro atoms. The number of likely N-dealkylation sites (tertiary alicyclic amines) is 1. The van der Waals surface area contributed by atoms with E-state index in [0.29, 0.717) is 5.00 Å². The largest absolute Gasteiger partial charge is 0.444 e. The molecule has 2 rings (SSSR count). The van der Waals surface area contributed by atoms with E-state index in [1.807, 2.05) is 0 Å². The van der Waals surface area contributed by atoms with E-state index in [0.717, 1.165) is 50.3 Å². The lowest BCUT2D eigenvalue weighted by atomic mass is 10.1. The van der Waals surface area contributed by atoms with Gasteiger partial charge in [0.05, 0.1) is 0 Å². The molecule has 1 saturated heterocycles. The minimum absolute atomic E-state index is 0.174. The normalized spacial score (nSPS) is 16.4. The second-order valence-corrected chi connectivity index (χ2v) is 7.39. The fraction of sp³-hybridized carbons (Fsp3) is 0.733. The summed E-state index contributed by atoms with van der Waals surface area (Å²) < 4.78 is 9.01. The molecule has 0 atom stereocenters. The van der Waals surface area contributed by atoms with Gasteiger partial charge in [-0.25, -0.2) is 4.79 Å². The lowest BCUT2D eigenvalue weighted by molar-refractivity contribution is 0.0636. The van der Waals surface area contributed by atoms with Gasteiger partial charge in [0.2, 0.25) is 0 Å². The molecule has 0 radical (unpaired) electrons. The summed E-state index contributed by atoms with van der Waals surface area (Å²) in [4.78, 5) is 26.3. The molecule has 0 unspecified atom stereocenters. The van der Waals surface area contributed by atoms with Gasteiger partial charge in [0.15, 0.2) is 10.7 Å². The van der Waals surface area contributed by atoms with Crippen LogP contribution in [-0.4, -0.2) is 45.2 Å². The van der Waals surface area contributed by atoms with Crippen LogP contribution in [0.3, 0.4) is 0 Å². The Balaban J connectivity index is 2.04. The summed E-state index contributed by atoms with van der Waals surface area (Å²) in [5.74, 6) is -0.174. The molecule has 2 amide bonds. The number of carbonyl (C=O) groups excluding carboxylic acids is 2. The molecule has 1 N–H and O–H groups in total. The highest BCUT2D eigenvalue weighted by molar-refractivity contribution is 7.10. The maximum absolute atomic E-state index is 12.7. The number of anilines is 1. The van der Waals surface area contributed by atoms with Crippen LogP contribution in [0.4, 0.5) is 9.80 Å². The highest BCUT2D eigenvalue weighted by Crippen LogP contribution is 2.22. The molecule has 0 aromatic carbocycles. The summed E-state index contributed by atoms with van der Waals surface area (Å²) in [6, 6.07) is 0. The number of nitrogens with zero attached hydrogens (tertiary/aromatic N) is 3. The zero-order chi connectivity index (χ0) is 16.9. The van der Waals surface area contributed by atoms with Crippen molar-refractivity contribution in [2.45, 2.75) is 58.5 Å². The predicted molar refractivity (Wildman–Crippen MR) is 88.8 cm³/mol. The van der Waals surface area contributed by atoms with Crippen molar-refractivity contribution in [1.82, 2.24) is 14.5 Å². The van der Waals surface area contributed by atoms with Crippen LogP contribution in [0.5, 0.6) is 0 Å². The van der Waals surface area contributed by atoms with Gasteiger partial charge in [-0.1, -0.05) is 23.8 Å². The molecule has 7 nitrogen and oxygen atoms in total. The first kappa shape index (κ1) is 17.7. The molecule has 1 aliphatic rings. The van der Waals surface area contributed by atoms with Crippen molar-refractivity contribution in [1.29, 1.82) is 0 Å². The van der Waals surface area contributed by atoms with E-state index < -0.39 is 11.7 Å². The molecule has 1 aromatic rings. The molecule has 2 heterocycles. The third-order valence-electron chi connectivity index (χ3n) is 3.45. The smallest absolute Gasteiger partial charge is 0.412 e. The van der Waals surface area contributed by atoms with Crippen LogP contribution >= 0.6 is 11.5 Å². The zero-order valence-electron chi connectivity index (χ0n) is 13.9. The van der Waals surface area contributed by atoms with E-state index in [1.165, 1.54) is 6.42 Å². The van der Waals surface area contributed by atoms with Gasteiger partial charge in [0.25, 0.3) is 5.91 Å². The van der Waals surface area contributed by atoms with Gasteiger partial charge in [0, 0.05) is 24.6 Å². The third kappa shape index (κ3) is 5.46. The summed E-state index contributed by atoms with van der Waals surface area (Å²) >= 11 is 0.985. The van der Waals surface area contributed by atoms with Crippen molar-refractivity contribution >= 4 is 28.5 Å². The average Bonchev–Trinajstić information content (AvgIpc) is 2.83. The molecule has 23 heavy (non-hydrogen) atoms. The standard InChI is InChI=1S/C15H24N4O3S/c1-15(2,3)22-14(21)16-12-11(17-18-23-12)13(20)19-9-7-5-4-6-8-10-19/h4-10H2,1-3H3,(H,16,21). The molecule has 8 heteroatoms. The number of aromatic nitrogens is 2. The van der Waals surface area contributed by atoms with Gasteiger partial charge in [-0.2, -0.15) is 0 Å². The lowest BCUT2D eigenvalue weighted by Gasteiger charge is -2.24. The fourth-order valence-corrected chi connectivity index (χ4v) is 2.96. The number of nitrogens with one attached hydrogen (secondary N) is 1. The predicted octanol–water partition coefficient (Wildman–Crippen LogP) is 3.29. The first-order chi connectivity index (χ1) is 10.9. The van der Waals surface area contributed by atoms with Crippen molar-refractivity contribution < 1.29 is 14.3 Å². The molecule has 1 fully saturated rings. The van der Waals surface area contributed by atoms with Crippen LogP contribution in [0, 0.1) is 0 Å². The first-order valence-corrected chi connectivity index (χ1v) is 8.76. The van der Waals surface area contributed by atoms with Crippen molar-refractivity contribution in [3.63, 3.8) is 0 Å². The maximum atomic E-state index is 12.7. The van der Waals surface area contributed by atoms with E-state index in [9.17, 15) is 9.59 Å². The van der Waals surface area contributed by atoms with Crippen LogP contribution in [0.15, 0.2) is 0 Å². The Morgan fingerprint density at radius 1 is 1.13 bits per heavy atom. The Hall–Kier alpha value is -1.70. The fourth-order valence-electron chi connectivity index (χ4n) is 2.41. The SMILES string of the molecule is CC(C)(C)OC(=O)Nc1snnc1C(=O)N1CCCCCCC1.